The lowest BCUT2D eigenvalue weighted by molar-refractivity contribution is -0.132. The zero-order valence-electron chi connectivity index (χ0n) is 12.4. The molecule has 0 aliphatic carbocycles. The van der Waals surface area contributed by atoms with Crippen LogP contribution in [0.15, 0.2) is 33.6 Å². The van der Waals surface area contributed by atoms with Gasteiger partial charge in [-0.05, 0) is 37.6 Å². The van der Waals surface area contributed by atoms with Crippen LogP contribution in [-0.4, -0.2) is 50.9 Å². The number of hydrogen-bond acceptors (Lipinski definition) is 5. The normalized spacial score (nSPS) is 21.2. The van der Waals surface area contributed by atoms with E-state index in [2.05, 4.69) is 21.2 Å². The minimum absolute atomic E-state index is 0.0701. The summed E-state index contributed by atoms with van der Waals surface area (Å²) in [5.74, 6) is -0.267. The maximum atomic E-state index is 12.3. The highest BCUT2D eigenvalue weighted by molar-refractivity contribution is 9.10. The summed E-state index contributed by atoms with van der Waals surface area (Å²) in [4.78, 5) is 23.8. The van der Waals surface area contributed by atoms with E-state index in [0.29, 0.717) is 12.8 Å². The Kier molecular flexibility index (Phi) is 5.77. The average Bonchev–Trinajstić information content (AvgIpc) is 2.85. The van der Waals surface area contributed by atoms with E-state index in [1.165, 1.54) is 17.0 Å². The second-order valence-electron chi connectivity index (χ2n) is 5.26. The van der Waals surface area contributed by atoms with Crippen LogP contribution in [-0.2, 0) is 23.9 Å². The van der Waals surface area contributed by atoms with Crippen LogP contribution in [0, 0.1) is 0 Å². The fourth-order valence-electron chi connectivity index (χ4n) is 2.47. The lowest BCUT2D eigenvalue weighted by Crippen LogP contribution is -2.40. The largest absolute Gasteiger partial charge is 0.350 e. The molecule has 0 spiro atoms. The van der Waals surface area contributed by atoms with E-state index in [1.807, 2.05) is 6.92 Å². The molecule has 0 radical (unpaired) electrons. The Hall–Kier alpha value is -1.45. The highest BCUT2D eigenvalue weighted by atomic mass is 79.9. The monoisotopic (exact) mass is 404 g/mol. The quantitative estimate of drug-likeness (QED) is 0.561. The van der Waals surface area contributed by atoms with Crippen molar-refractivity contribution in [2.75, 3.05) is 13.1 Å². The Morgan fingerprint density at radius 1 is 1.43 bits per heavy atom. The Morgan fingerprint density at radius 2 is 2.09 bits per heavy atom. The van der Waals surface area contributed by atoms with Gasteiger partial charge in [-0.1, -0.05) is 15.9 Å². The lowest BCUT2D eigenvalue weighted by Gasteiger charge is -2.20. The molecule has 1 aliphatic rings. The number of amides is 2. The van der Waals surface area contributed by atoms with Crippen molar-refractivity contribution >= 4 is 38.4 Å². The van der Waals surface area contributed by atoms with Gasteiger partial charge in [0.2, 0.25) is 12.3 Å². The Labute approximate surface area is 143 Å². The first-order chi connectivity index (χ1) is 10.8. The van der Waals surface area contributed by atoms with Gasteiger partial charge in [-0.3, -0.25) is 13.8 Å². The van der Waals surface area contributed by atoms with Gasteiger partial charge in [-0.25, -0.2) is 0 Å². The molecule has 0 unspecified atom stereocenters. The second kappa shape index (κ2) is 7.41. The number of hydrogen-bond donors (Lipinski definition) is 1. The van der Waals surface area contributed by atoms with E-state index in [4.69, 9.17) is 4.18 Å². The molecule has 1 heterocycles. The van der Waals surface area contributed by atoms with Crippen molar-refractivity contribution in [1.82, 2.24) is 10.2 Å². The van der Waals surface area contributed by atoms with Gasteiger partial charge < -0.3 is 10.2 Å². The van der Waals surface area contributed by atoms with Crippen LogP contribution >= 0.6 is 15.9 Å². The molecule has 2 atom stereocenters. The number of carbonyl (C=O) groups is 2. The SMILES string of the molecule is C[C@@H]1C[C@H](OS(=O)(=O)c2ccc(Br)cc2)CN1C(=O)CNC=O. The summed E-state index contributed by atoms with van der Waals surface area (Å²) in [6, 6.07) is 5.99. The van der Waals surface area contributed by atoms with Crippen molar-refractivity contribution < 1.29 is 22.2 Å². The van der Waals surface area contributed by atoms with Crippen molar-refractivity contribution in [1.29, 1.82) is 0 Å². The van der Waals surface area contributed by atoms with Gasteiger partial charge in [-0.15, -0.1) is 0 Å². The van der Waals surface area contributed by atoms with Crippen LogP contribution in [0.1, 0.15) is 13.3 Å². The minimum atomic E-state index is -3.88. The van der Waals surface area contributed by atoms with Crippen molar-refractivity contribution in [3.63, 3.8) is 0 Å². The summed E-state index contributed by atoms with van der Waals surface area (Å²) in [6.45, 7) is 1.88. The zero-order valence-corrected chi connectivity index (χ0v) is 14.8. The van der Waals surface area contributed by atoms with Crippen molar-refractivity contribution in [3.05, 3.63) is 28.7 Å². The third-order valence-corrected chi connectivity index (χ3v) is 5.46. The first kappa shape index (κ1) is 17.9. The summed E-state index contributed by atoms with van der Waals surface area (Å²) < 4.78 is 30.5. The first-order valence-corrected chi connectivity index (χ1v) is 9.19. The maximum Gasteiger partial charge on any atom is 0.297 e. The van der Waals surface area contributed by atoms with Gasteiger partial charge in [0.25, 0.3) is 10.1 Å². The summed E-state index contributed by atoms with van der Waals surface area (Å²) in [5, 5.41) is 2.30. The van der Waals surface area contributed by atoms with Crippen LogP contribution in [0.2, 0.25) is 0 Å². The fourth-order valence-corrected chi connectivity index (χ4v) is 3.81. The molecule has 0 bridgehead atoms. The van der Waals surface area contributed by atoms with E-state index in [0.717, 1.165) is 4.47 Å². The van der Waals surface area contributed by atoms with Crippen LogP contribution in [0.5, 0.6) is 0 Å². The van der Waals surface area contributed by atoms with Gasteiger partial charge in [0.1, 0.15) is 0 Å². The molecule has 7 nitrogen and oxygen atoms in total. The second-order valence-corrected chi connectivity index (χ2v) is 7.74. The average molecular weight is 405 g/mol. The van der Waals surface area contributed by atoms with E-state index >= 15 is 0 Å². The number of halogens is 1. The highest BCUT2D eigenvalue weighted by Gasteiger charge is 2.35. The van der Waals surface area contributed by atoms with Crippen molar-refractivity contribution in [2.45, 2.75) is 30.4 Å². The number of likely N-dealkylation sites (tertiary alicyclic amines) is 1. The summed E-state index contributed by atoms with van der Waals surface area (Å²) >= 11 is 3.24. The van der Waals surface area contributed by atoms with Crippen LogP contribution in [0.4, 0.5) is 0 Å². The molecular weight excluding hydrogens is 388 g/mol. The molecule has 1 fully saturated rings. The number of rotatable bonds is 6. The molecule has 1 N–H and O–H groups in total. The minimum Gasteiger partial charge on any atom is -0.350 e. The van der Waals surface area contributed by atoms with E-state index in [1.54, 1.807) is 12.1 Å². The molecule has 2 rings (SSSR count). The van der Waals surface area contributed by atoms with Gasteiger partial charge >= 0.3 is 0 Å². The smallest absolute Gasteiger partial charge is 0.297 e. The number of carbonyl (C=O) groups excluding carboxylic acids is 2. The first-order valence-electron chi connectivity index (χ1n) is 6.99. The molecule has 0 aromatic heterocycles. The van der Waals surface area contributed by atoms with Gasteiger partial charge in [0.05, 0.1) is 17.5 Å². The molecule has 1 aromatic rings. The maximum absolute atomic E-state index is 12.3. The van der Waals surface area contributed by atoms with Crippen molar-refractivity contribution in [3.8, 4) is 0 Å². The molecule has 126 valence electrons. The molecule has 1 saturated heterocycles. The van der Waals surface area contributed by atoms with E-state index in [9.17, 15) is 18.0 Å². The molecule has 1 aromatic carbocycles. The van der Waals surface area contributed by atoms with Crippen LogP contribution in [0.3, 0.4) is 0 Å². The van der Waals surface area contributed by atoms with Gasteiger partial charge in [0.15, 0.2) is 0 Å². The summed E-state index contributed by atoms with van der Waals surface area (Å²) in [5.41, 5.74) is 0. The number of benzene rings is 1. The van der Waals surface area contributed by atoms with Gasteiger partial charge in [0, 0.05) is 17.1 Å². The Bertz CT molecular complexity index is 677. The zero-order chi connectivity index (χ0) is 17.0. The molecule has 0 saturated carbocycles. The highest BCUT2D eigenvalue weighted by Crippen LogP contribution is 2.25. The predicted molar refractivity (Wildman–Crippen MR) is 86.1 cm³/mol. The predicted octanol–water partition coefficient (Wildman–Crippen LogP) is 0.890. The molecule has 23 heavy (non-hydrogen) atoms. The van der Waals surface area contributed by atoms with Crippen molar-refractivity contribution in [2.24, 2.45) is 0 Å². The fraction of sp³-hybridized carbons (Fsp3) is 0.429. The molecule has 2 amide bonds. The Balaban J connectivity index is 2.02. The molecule has 1 aliphatic heterocycles. The third kappa shape index (κ3) is 4.52. The number of nitrogens with zero attached hydrogens (tertiary/aromatic N) is 1. The van der Waals surface area contributed by atoms with E-state index in [-0.39, 0.29) is 29.9 Å². The Morgan fingerprint density at radius 3 is 2.70 bits per heavy atom. The molecular formula is C14H17BrN2O5S. The standard InChI is InChI=1S/C14H17BrN2O5S/c1-10-6-12(8-17(10)14(19)7-16-9-18)22-23(20,21)13-4-2-11(15)3-5-13/h2-5,9-10,12H,6-8H2,1H3,(H,16,18)/t10-,12+/m1/s1. The third-order valence-electron chi connectivity index (χ3n) is 3.56. The topological polar surface area (TPSA) is 92.8 Å². The lowest BCUT2D eigenvalue weighted by atomic mass is 10.2. The van der Waals surface area contributed by atoms with Crippen LogP contribution in [0.25, 0.3) is 0 Å². The number of nitrogens with one attached hydrogen (secondary N) is 1. The summed E-state index contributed by atoms with van der Waals surface area (Å²) in [6.07, 6.45) is 0.270. The summed E-state index contributed by atoms with van der Waals surface area (Å²) in [7, 11) is -3.88. The van der Waals surface area contributed by atoms with E-state index < -0.39 is 16.2 Å². The molecule has 9 heteroatoms. The van der Waals surface area contributed by atoms with Gasteiger partial charge in [-0.2, -0.15) is 8.42 Å². The van der Waals surface area contributed by atoms with Crippen LogP contribution < -0.4 is 5.32 Å².